The number of nitrogens with zero attached hydrogens (tertiary/aromatic N) is 1. The molecule has 0 atom stereocenters. The molecule has 0 heterocycles. The molecule has 0 aliphatic carbocycles. The average Bonchev–Trinajstić information content (AvgIpc) is 2.75. The highest BCUT2D eigenvalue weighted by molar-refractivity contribution is 9.10. The van der Waals surface area contributed by atoms with Gasteiger partial charge in [-0.25, -0.2) is 8.42 Å². The highest BCUT2D eigenvalue weighted by Crippen LogP contribution is 2.22. The molecule has 0 aliphatic heterocycles. The van der Waals surface area contributed by atoms with Gasteiger partial charge in [0.1, 0.15) is 0 Å². The third-order valence-corrected chi connectivity index (χ3v) is 7.18. The van der Waals surface area contributed by atoms with Crippen LogP contribution in [0.4, 0.5) is 5.69 Å². The first-order chi connectivity index (χ1) is 15.1. The summed E-state index contributed by atoms with van der Waals surface area (Å²) in [7, 11) is -3.99. The molecule has 9 heteroatoms. The highest BCUT2D eigenvalue weighted by atomic mass is 79.9. The van der Waals surface area contributed by atoms with E-state index in [2.05, 4.69) is 21.2 Å². The van der Waals surface area contributed by atoms with Crippen LogP contribution >= 0.6 is 27.5 Å². The van der Waals surface area contributed by atoms with Gasteiger partial charge in [-0.1, -0.05) is 51.8 Å². The van der Waals surface area contributed by atoms with Crippen molar-refractivity contribution in [2.75, 3.05) is 11.9 Å². The van der Waals surface area contributed by atoms with E-state index in [1.54, 1.807) is 48.5 Å². The molecule has 0 fully saturated rings. The van der Waals surface area contributed by atoms with E-state index in [1.165, 1.54) is 31.2 Å². The lowest BCUT2D eigenvalue weighted by Crippen LogP contribution is -2.37. The minimum absolute atomic E-state index is 0.000848. The first kappa shape index (κ1) is 24.1. The Hall–Kier alpha value is -2.52. The Morgan fingerprint density at radius 1 is 1.00 bits per heavy atom. The molecule has 3 aromatic carbocycles. The van der Waals surface area contributed by atoms with Gasteiger partial charge in [-0.15, -0.1) is 0 Å². The van der Waals surface area contributed by atoms with Crippen molar-refractivity contribution in [3.05, 3.63) is 93.4 Å². The zero-order valence-corrected chi connectivity index (χ0v) is 20.2. The van der Waals surface area contributed by atoms with Crippen LogP contribution in [0, 0.1) is 0 Å². The molecule has 0 saturated carbocycles. The zero-order valence-electron chi connectivity index (χ0n) is 17.1. The average molecular weight is 536 g/mol. The van der Waals surface area contributed by atoms with Crippen LogP contribution < -0.4 is 5.32 Å². The standard InChI is InChI=1S/C23H20BrClN2O4S/c1-16(28)18-3-2-4-21(13-18)26-23(29)15-27(14-17-5-7-19(24)8-6-17)32(30,31)22-11-9-20(25)10-12-22/h2-13H,14-15H2,1H3,(H,26,29). The lowest BCUT2D eigenvalue weighted by Gasteiger charge is -2.22. The summed E-state index contributed by atoms with van der Waals surface area (Å²) in [5, 5.41) is 3.08. The maximum atomic E-state index is 13.3. The van der Waals surface area contributed by atoms with Gasteiger partial charge in [0, 0.05) is 27.3 Å². The fraction of sp³-hybridized carbons (Fsp3) is 0.130. The van der Waals surface area contributed by atoms with Gasteiger partial charge in [0.25, 0.3) is 0 Å². The predicted octanol–water partition coefficient (Wildman–Crippen LogP) is 5.13. The van der Waals surface area contributed by atoms with E-state index < -0.39 is 22.5 Å². The van der Waals surface area contributed by atoms with Crippen LogP contribution in [-0.4, -0.2) is 31.0 Å². The zero-order chi connectivity index (χ0) is 23.3. The quantitative estimate of drug-likeness (QED) is 0.405. The van der Waals surface area contributed by atoms with Crippen molar-refractivity contribution in [2.45, 2.75) is 18.4 Å². The molecule has 0 spiro atoms. The highest BCUT2D eigenvalue weighted by Gasteiger charge is 2.27. The van der Waals surface area contributed by atoms with Crippen LogP contribution in [0.15, 0.2) is 82.2 Å². The Labute approximate surface area is 200 Å². The third kappa shape index (κ3) is 6.26. The van der Waals surface area contributed by atoms with Gasteiger partial charge in [-0.2, -0.15) is 4.31 Å². The van der Waals surface area contributed by atoms with Crippen molar-refractivity contribution >= 4 is 54.9 Å². The Balaban J connectivity index is 1.87. The maximum absolute atomic E-state index is 13.3. The summed E-state index contributed by atoms with van der Waals surface area (Å²) in [6.45, 7) is 1.02. The minimum atomic E-state index is -3.99. The van der Waals surface area contributed by atoms with Crippen molar-refractivity contribution in [1.29, 1.82) is 0 Å². The van der Waals surface area contributed by atoms with E-state index >= 15 is 0 Å². The summed E-state index contributed by atoms with van der Waals surface area (Å²) in [4.78, 5) is 24.4. The minimum Gasteiger partial charge on any atom is -0.325 e. The second kappa shape index (κ2) is 10.4. The van der Waals surface area contributed by atoms with Gasteiger partial charge < -0.3 is 5.32 Å². The number of ketones is 1. The normalized spacial score (nSPS) is 11.4. The number of halogens is 2. The van der Waals surface area contributed by atoms with Gasteiger partial charge in [0.05, 0.1) is 11.4 Å². The van der Waals surface area contributed by atoms with E-state index in [-0.39, 0.29) is 17.2 Å². The number of rotatable bonds is 8. The molecule has 0 aromatic heterocycles. The molecular formula is C23H20BrClN2O4S. The Kier molecular flexibility index (Phi) is 7.84. The molecule has 3 aromatic rings. The van der Waals surface area contributed by atoms with E-state index in [0.717, 1.165) is 14.3 Å². The van der Waals surface area contributed by atoms with E-state index in [0.29, 0.717) is 16.3 Å². The van der Waals surface area contributed by atoms with E-state index in [9.17, 15) is 18.0 Å². The second-order valence-corrected chi connectivity index (χ2v) is 10.3. The molecule has 166 valence electrons. The van der Waals surface area contributed by atoms with Crippen molar-refractivity contribution in [3.63, 3.8) is 0 Å². The molecule has 1 amide bonds. The number of Topliss-reactive ketones (excluding diaryl/α,β-unsaturated/α-hetero) is 1. The van der Waals surface area contributed by atoms with Crippen LogP contribution in [0.25, 0.3) is 0 Å². The summed E-state index contributed by atoms with van der Waals surface area (Å²) < 4.78 is 28.5. The number of anilines is 1. The summed E-state index contributed by atoms with van der Waals surface area (Å²) in [5.74, 6) is -0.663. The largest absolute Gasteiger partial charge is 0.325 e. The van der Waals surface area contributed by atoms with Gasteiger partial charge in [0.15, 0.2) is 5.78 Å². The molecule has 0 unspecified atom stereocenters. The number of nitrogens with one attached hydrogen (secondary N) is 1. The number of hydrogen-bond acceptors (Lipinski definition) is 4. The second-order valence-electron chi connectivity index (χ2n) is 7.04. The third-order valence-electron chi connectivity index (χ3n) is 4.60. The molecule has 32 heavy (non-hydrogen) atoms. The molecule has 0 aliphatic rings. The number of benzene rings is 3. The Morgan fingerprint density at radius 2 is 1.66 bits per heavy atom. The van der Waals surface area contributed by atoms with E-state index in [4.69, 9.17) is 11.6 Å². The summed E-state index contributed by atoms with van der Waals surface area (Å²) in [6, 6.07) is 19.4. The first-order valence-electron chi connectivity index (χ1n) is 9.56. The van der Waals surface area contributed by atoms with Crippen molar-refractivity contribution < 1.29 is 18.0 Å². The van der Waals surface area contributed by atoms with Crippen molar-refractivity contribution in [1.82, 2.24) is 4.31 Å². The summed E-state index contributed by atoms with van der Waals surface area (Å²) in [5.41, 5.74) is 1.58. The van der Waals surface area contributed by atoms with Crippen LogP contribution in [-0.2, 0) is 21.4 Å². The molecule has 0 bridgehead atoms. The molecule has 1 N–H and O–H groups in total. The fourth-order valence-corrected chi connectivity index (χ4v) is 4.73. The first-order valence-corrected chi connectivity index (χ1v) is 12.2. The summed E-state index contributed by atoms with van der Waals surface area (Å²) in [6.07, 6.45) is 0. The summed E-state index contributed by atoms with van der Waals surface area (Å²) >= 11 is 9.25. The fourth-order valence-electron chi connectivity index (χ4n) is 2.95. The molecule has 0 saturated heterocycles. The number of carbonyl (C=O) groups excluding carboxylic acids is 2. The number of hydrogen-bond donors (Lipinski definition) is 1. The molecule has 3 rings (SSSR count). The lowest BCUT2D eigenvalue weighted by atomic mass is 10.1. The number of carbonyl (C=O) groups is 2. The van der Waals surface area contributed by atoms with Crippen LogP contribution in [0.3, 0.4) is 0 Å². The molecular weight excluding hydrogens is 516 g/mol. The van der Waals surface area contributed by atoms with Gasteiger partial charge in [0.2, 0.25) is 15.9 Å². The lowest BCUT2D eigenvalue weighted by molar-refractivity contribution is -0.116. The predicted molar refractivity (Wildman–Crippen MR) is 128 cm³/mol. The van der Waals surface area contributed by atoms with Gasteiger partial charge >= 0.3 is 0 Å². The SMILES string of the molecule is CC(=O)c1cccc(NC(=O)CN(Cc2ccc(Br)cc2)S(=O)(=O)c2ccc(Cl)cc2)c1. The van der Waals surface area contributed by atoms with Crippen LogP contribution in [0.5, 0.6) is 0 Å². The number of sulfonamides is 1. The topological polar surface area (TPSA) is 83.6 Å². The van der Waals surface area contributed by atoms with Gasteiger partial charge in [-0.05, 0) is 61.0 Å². The maximum Gasteiger partial charge on any atom is 0.243 e. The molecule has 0 radical (unpaired) electrons. The van der Waals surface area contributed by atoms with Gasteiger partial charge in [-0.3, -0.25) is 9.59 Å². The monoisotopic (exact) mass is 534 g/mol. The molecule has 6 nitrogen and oxygen atoms in total. The van der Waals surface area contributed by atoms with E-state index in [1.807, 2.05) is 0 Å². The van der Waals surface area contributed by atoms with Crippen molar-refractivity contribution in [3.8, 4) is 0 Å². The van der Waals surface area contributed by atoms with Crippen LogP contribution in [0.2, 0.25) is 5.02 Å². The van der Waals surface area contributed by atoms with Crippen LogP contribution in [0.1, 0.15) is 22.8 Å². The van der Waals surface area contributed by atoms with Crippen molar-refractivity contribution in [2.24, 2.45) is 0 Å². The smallest absolute Gasteiger partial charge is 0.243 e. The Bertz CT molecular complexity index is 1230. The Morgan fingerprint density at radius 3 is 2.28 bits per heavy atom. The number of amides is 1.